The van der Waals surface area contributed by atoms with Gasteiger partial charge in [-0.05, 0) is 49.9 Å². The van der Waals surface area contributed by atoms with Crippen LogP contribution >= 0.6 is 0 Å². The summed E-state index contributed by atoms with van der Waals surface area (Å²) in [6.07, 6.45) is 7.04. The number of carboxylic acids is 1. The smallest absolute Gasteiger partial charge is 0.317 e. The molecular weight excluding hydrogens is 256 g/mol. The number of carbonyl (C=O) groups is 2. The average Bonchev–Trinajstić information content (AvgIpc) is 3.00. The van der Waals surface area contributed by atoms with Crippen LogP contribution in [-0.2, 0) is 4.79 Å². The van der Waals surface area contributed by atoms with Crippen LogP contribution in [0.5, 0.6) is 0 Å². The van der Waals surface area contributed by atoms with Crippen molar-refractivity contribution in [3.8, 4) is 0 Å². The molecule has 2 saturated carbocycles. The largest absolute Gasteiger partial charge is 0.481 e. The molecule has 4 unspecified atom stereocenters. The zero-order valence-electron chi connectivity index (χ0n) is 11.9. The number of rotatable bonds is 3. The van der Waals surface area contributed by atoms with E-state index in [0.717, 1.165) is 31.7 Å². The topological polar surface area (TPSA) is 69.6 Å². The lowest BCUT2D eigenvalue weighted by atomic mass is 9.94. The zero-order valence-corrected chi connectivity index (χ0v) is 11.9. The highest BCUT2D eigenvalue weighted by molar-refractivity contribution is 5.75. The molecule has 112 valence electrons. The van der Waals surface area contributed by atoms with E-state index in [2.05, 4.69) is 5.32 Å². The van der Waals surface area contributed by atoms with E-state index in [1.807, 2.05) is 4.90 Å². The maximum absolute atomic E-state index is 12.3. The molecule has 5 heteroatoms. The van der Waals surface area contributed by atoms with Crippen molar-refractivity contribution in [2.45, 2.75) is 51.0 Å². The average molecular weight is 280 g/mol. The van der Waals surface area contributed by atoms with Gasteiger partial charge in [0, 0.05) is 25.6 Å². The number of urea groups is 1. The van der Waals surface area contributed by atoms with Gasteiger partial charge in [0.15, 0.2) is 0 Å². The molecule has 2 N–H and O–H groups in total. The molecule has 3 rings (SSSR count). The number of hydrogen-bond acceptors (Lipinski definition) is 2. The van der Waals surface area contributed by atoms with E-state index in [1.165, 1.54) is 19.3 Å². The Labute approximate surface area is 119 Å². The second-order valence-corrected chi connectivity index (χ2v) is 6.78. The third-order valence-electron chi connectivity index (χ3n) is 5.32. The van der Waals surface area contributed by atoms with Crippen LogP contribution in [0.3, 0.4) is 0 Å². The molecule has 0 aromatic rings. The van der Waals surface area contributed by atoms with E-state index in [9.17, 15) is 9.59 Å². The zero-order chi connectivity index (χ0) is 14.1. The van der Waals surface area contributed by atoms with E-state index >= 15 is 0 Å². The summed E-state index contributed by atoms with van der Waals surface area (Å²) in [5, 5.41) is 12.1. The Bertz CT molecular complexity index is 399. The highest BCUT2D eigenvalue weighted by atomic mass is 16.4. The van der Waals surface area contributed by atoms with Crippen LogP contribution in [0.2, 0.25) is 0 Å². The Balaban J connectivity index is 1.50. The maximum Gasteiger partial charge on any atom is 0.317 e. The molecule has 0 aromatic carbocycles. The fraction of sp³-hybridized carbons (Fsp3) is 0.867. The van der Waals surface area contributed by atoms with Gasteiger partial charge in [-0.1, -0.05) is 6.42 Å². The number of carbonyl (C=O) groups excluding carboxylic acids is 1. The van der Waals surface area contributed by atoms with Crippen molar-refractivity contribution in [3.63, 3.8) is 0 Å². The fourth-order valence-corrected chi connectivity index (χ4v) is 4.33. The normalized spacial score (nSPS) is 36.1. The van der Waals surface area contributed by atoms with Crippen LogP contribution in [0.1, 0.15) is 44.9 Å². The number of aliphatic carboxylic acids is 1. The molecule has 0 radical (unpaired) electrons. The van der Waals surface area contributed by atoms with Gasteiger partial charge in [0.05, 0.1) is 0 Å². The minimum absolute atomic E-state index is 0.0256. The van der Waals surface area contributed by atoms with Crippen LogP contribution in [0.25, 0.3) is 0 Å². The van der Waals surface area contributed by atoms with Crippen molar-refractivity contribution in [3.05, 3.63) is 0 Å². The van der Waals surface area contributed by atoms with Gasteiger partial charge in [-0.3, -0.25) is 4.79 Å². The summed E-state index contributed by atoms with van der Waals surface area (Å²) < 4.78 is 0. The van der Waals surface area contributed by atoms with Crippen LogP contribution in [0, 0.1) is 17.8 Å². The lowest BCUT2D eigenvalue weighted by Gasteiger charge is -2.34. The van der Waals surface area contributed by atoms with Gasteiger partial charge in [-0.25, -0.2) is 4.79 Å². The summed E-state index contributed by atoms with van der Waals surface area (Å²) >= 11 is 0. The molecular formula is C15H24N2O3. The molecule has 0 aromatic heterocycles. The van der Waals surface area contributed by atoms with Crippen molar-refractivity contribution < 1.29 is 14.7 Å². The first-order valence-electron chi connectivity index (χ1n) is 7.89. The molecule has 1 aliphatic heterocycles. The summed E-state index contributed by atoms with van der Waals surface area (Å²) in [6, 6.07) is 0.388. The third kappa shape index (κ3) is 2.91. The predicted molar refractivity (Wildman–Crippen MR) is 74.3 cm³/mol. The van der Waals surface area contributed by atoms with Crippen molar-refractivity contribution in [1.29, 1.82) is 0 Å². The summed E-state index contributed by atoms with van der Waals surface area (Å²) in [7, 11) is 0. The Morgan fingerprint density at radius 2 is 2.05 bits per heavy atom. The number of hydrogen-bond donors (Lipinski definition) is 2. The number of amides is 2. The van der Waals surface area contributed by atoms with E-state index in [0.29, 0.717) is 18.5 Å². The molecule has 1 heterocycles. The van der Waals surface area contributed by atoms with Crippen molar-refractivity contribution >= 4 is 12.0 Å². The number of nitrogens with zero attached hydrogens (tertiary/aromatic N) is 1. The lowest BCUT2D eigenvalue weighted by Crippen LogP contribution is -2.50. The van der Waals surface area contributed by atoms with Gasteiger partial charge in [0.1, 0.15) is 0 Å². The minimum Gasteiger partial charge on any atom is -0.481 e. The molecule has 1 saturated heterocycles. The maximum atomic E-state index is 12.3. The van der Waals surface area contributed by atoms with E-state index in [-0.39, 0.29) is 18.4 Å². The van der Waals surface area contributed by atoms with Gasteiger partial charge in [0.25, 0.3) is 0 Å². The number of likely N-dealkylation sites (tertiary alicyclic amines) is 1. The minimum atomic E-state index is -0.759. The van der Waals surface area contributed by atoms with Crippen LogP contribution in [0.4, 0.5) is 4.79 Å². The molecule has 4 atom stereocenters. The molecule has 2 aliphatic carbocycles. The SMILES string of the molecule is O=C(O)CC1CCCN(C(=O)NC2CC3CCC2C3)C1. The Kier molecular flexibility index (Phi) is 3.85. The first kappa shape index (κ1) is 13.7. The second-order valence-electron chi connectivity index (χ2n) is 6.78. The van der Waals surface area contributed by atoms with E-state index in [4.69, 9.17) is 5.11 Å². The molecule has 0 spiro atoms. The first-order chi connectivity index (χ1) is 9.61. The van der Waals surface area contributed by atoms with E-state index in [1.54, 1.807) is 0 Å². The number of piperidine rings is 1. The van der Waals surface area contributed by atoms with Crippen molar-refractivity contribution in [2.24, 2.45) is 17.8 Å². The quantitative estimate of drug-likeness (QED) is 0.831. The van der Waals surface area contributed by atoms with Gasteiger partial charge in [-0.2, -0.15) is 0 Å². The molecule has 20 heavy (non-hydrogen) atoms. The summed E-state index contributed by atoms with van der Waals surface area (Å²) in [5.74, 6) is 0.868. The Hall–Kier alpha value is -1.26. The monoisotopic (exact) mass is 280 g/mol. The van der Waals surface area contributed by atoms with Crippen LogP contribution < -0.4 is 5.32 Å². The molecule has 5 nitrogen and oxygen atoms in total. The number of nitrogens with one attached hydrogen (secondary N) is 1. The van der Waals surface area contributed by atoms with Gasteiger partial charge >= 0.3 is 12.0 Å². The van der Waals surface area contributed by atoms with Gasteiger partial charge in [0.2, 0.25) is 0 Å². The Morgan fingerprint density at radius 1 is 1.20 bits per heavy atom. The van der Waals surface area contributed by atoms with Crippen molar-refractivity contribution in [1.82, 2.24) is 10.2 Å². The molecule has 3 aliphatic rings. The predicted octanol–water partition coefficient (Wildman–Crippen LogP) is 2.07. The fourth-order valence-electron chi connectivity index (χ4n) is 4.33. The summed E-state index contributed by atoms with van der Waals surface area (Å²) in [4.78, 5) is 24.9. The summed E-state index contributed by atoms with van der Waals surface area (Å²) in [6.45, 7) is 1.36. The molecule has 3 fully saturated rings. The Morgan fingerprint density at radius 3 is 2.70 bits per heavy atom. The number of carboxylic acid groups (broad SMARTS) is 1. The van der Waals surface area contributed by atoms with Gasteiger partial charge in [-0.15, -0.1) is 0 Å². The van der Waals surface area contributed by atoms with E-state index < -0.39 is 5.97 Å². The summed E-state index contributed by atoms with van der Waals surface area (Å²) in [5.41, 5.74) is 0. The van der Waals surface area contributed by atoms with Crippen LogP contribution in [-0.4, -0.2) is 41.1 Å². The van der Waals surface area contributed by atoms with Gasteiger partial charge < -0.3 is 15.3 Å². The standard InChI is InChI=1S/C15H24N2O3/c18-14(19)8-11-2-1-5-17(9-11)15(20)16-13-7-10-3-4-12(13)6-10/h10-13H,1-9H2,(H,16,20)(H,18,19). The van der Waals surface area contributed by atoms with Crippen LogP contribution in [0.15, 0.2) is 0 Å². The highest BCUT2D eigenvalue weighted by Crippen LogP contribution is 2.44. The highest BCUT2D eigenvalue weighted by Gasteiger charge is 2.40. The molecule has 2 amide bonds. The third-order valence-corrected chi connectivity index (χ3v) is 5.32. The first-order valence-corrected chi connectivity index (χ1v) is 7.89. The lowest BCUT2D eigenvalue weighted by molar-refractivity contribution is -0.138. The van der Waals surface area contributed by atoms with Crippen molar-refractivity contribution in [2.75, 3.05) is 13.1 Å². The molecule has 2 bridgehead atoms. The second kappa shape index (κ2) is 5.62. The number of fused-ring (bicyclic) bond motifs is 2.